The average Bonchev–Trinajstić information content (AvgIpc) is 2.63. The summed E-state index contributed by atoms with van der Waals surface area (Å²) in [5.41, 5.74) is 1.82. The van der Waals surface area contributed by atoms with Gasteiger partial charge in [0.1, 0.15) is 0 Å². The maximum absolute atomic E-state index is 12.7. The normalized spacial score (nSPS) is 16.4. The number of aryl methyl sites for hydroxylation is 1. The van der Waals surface area contributed by atoms with Crippen molar-refractivity contribution in [1.29, 1.82) is 0 Å². The number of pyridine rings is 1. The van der Waals surface area contributed by atoms with Crippen LogP contribution in [0.15, 0.2) is 47.5 Å². The molecule has 1 saturated heterocycles. The summed E-state index contributed by atoms with van der Waals surface area (Å²) in [5, 5.41) is 2.75. The summed E-state index contributed by atoms with van der Waals surface area (Å²) in [6.07, 6.45) is 1.51. The zero-order chi connectivity index (χ0) is 18.7. The highest BCUT2D eigenvalue weighted by Gasteiger charge is 2.27. The fraction of sp³-hybridized carbons (Fsp3) is 0.333. The van der Waals surface area contributed by atoms with E-state index in [4.69, 9.17) is 0 Å². The first-order chi connectivity index (χ1) is 12.4. The number of nitrogens with one attached hydrogen (secondary N) is 1. The first kappa shape index (κ1) is 18.5. The van der Waals surface area contributed by atoms with Crippen LogP contribution in [0.1, 0.15) is 16.1 Å². The second-order valence-corrected chi connectivity index (χ2v) is 8.31. The van der Waals surface area contributed by atoms with Crippen molar-refractivity contribution in [3.8, 4) is 0 Å². The molecule has 0 unspecified atom stereocenters. The quantitative estimate of drug-likeness (QED) is 0.879. The summed E-state index contributed by atoms with van der Waals surface area (Å²) in [6, 6.07) is 9.71. The number of nitrogens with zero attached hydrogens (tertiary/aromatic N) is 3. The van der Waals surface area contributed by atoms with E-state index in [0.29, 0.717) is 24.3 Å². The summed E-state index contributed by atoms with van der Waals surface area (Å²) < 4.78 is 26.9. The van der Waals surface area contributed by atoms with Crippen LogP contribution >= 0.6 is 0 Å². The van der Waals surface area contributed by atoms with Crippen LogP contribution in [0.2, 0.25) is 0 Å². The second-order valence-electron chi connectivity index (χ2n) is 6.37. The van der Waals surface area contributed by atoms with E-state index in [1.54, 1.807) is 24.3 Å². The summed E-state index contributed by atoms with van der Waals surface area (Å²) >= 11 is 0. The Kier molecular flexibility index (Phi) is 5.36. The van der Waals surface area contributed by atoms with E-state index >= 15 is 0 Å². The van der Waals surface area contributed by atoms with E-state index in [2.05, 4.69) is 15.2 Å². The molecule has 0 bridgehead atoms. The largest absolute Gasteiger partial charge is 0.322 e. The van der Waals surface area contributed by atoms with Gasteiger partial charge in [0.15, 0.2) is 0 Å². The van der Waals surface area contributed by atoms with Crippen LogP contribution in [0, 0.1) is 6.92 Å². The first-order valence-corrected chi connectivity index (χ1v) is 9.83. The van der Waals surface area contributed by atoms with Gasteiger partial charge >= 0.3 is 0 Å². The molecule has 0 saturated carbocycles. The third kappa shape index (κ3) is 4.09. The molecule has 0 radical (unpaired) electrons. The molecule has 1 aromatic heterocycles. The second kappa shape index (κ2) is 7.53. The number of hydrogen-bond donors (Lipinski definition) is 1. The molecule has 1 N–H and O–H groups in total. The number of piperazine rings is 1. The number of likely N-dealkylation sites (N-methyl/N-ethyl adjacent to an activating group) is 1. The lowest BCUT2D eigenvalue weighted by molar-refractivity contribution is 0.102. The number of rotatable bonds is 4. The van der Waals surface area contributed by atoms with E-state index in [1.165, 1.54) is 22.6 Å². The van der Waals surface area contributed by atoms with Crippen molar-refractivity contribution >= 4 is 21.6 Å². The summed E-state index contributed by atoms with van der Waals surface area (Å²) in [5.74, 6) is -0.285. The minimum atomic E-state index is -3.50. The lowest BCUT2D eigenvalue weighted by atomic mass is 10.2. The van der Waals surface area contributed by atoms with Crippen molar-refractivity contribution in [1.82, 2.24) is 14.2 Å². The molecule has 0 spiro atoms. The molecular weight excluding hydrogens is 352 g/mol. The molecule has 1 aromatic carbocycles. The molecule has 1 aliphatic heterocycles. The lowest BCUT2D eigenvalue weighted by Crippen LogP contribution is -2.46. The summed E-state index contributed by atoms with van der Waals surface area (Å²) in [6.45, 7) is 4.26. The van der Waals surface area contributed by atoms with E-state index in [9.17, 15) is 13.2 Å². The van der Waals surface area contributed by atoms with E-state index in [-0.39, 0.29) is 10.8 Å². The van der Waals surface area contributed by atoms with Gasteiger partial charge < -0.3 is 10.2 Å². The van der Waals surface area contributed by atoms with E-state index in [0.717, 1.165) is 18.8 Å². The number of aromatic nitrogens is 1. The maximum Gasteiger partial charge on any atom is 0.257 e. The van der Waals surface area contributed by atoms with Crippen molar-refractivity contribution in [3.05, 3.63) is 53.9 Å². The van der Waals surface area contributed by atoms with Gasteiger partial charge in [-0.05, 0) is 50.4 Å². The van der Waals surface area contributed by atoms with Gasteiger partial charge in [-0.3, -0.25) is 9.78 Å². The number of anilines is 1. The summed E-state index contributed by atoms with van der Waals surface area (Å²) in [7, 11) is -1.53. The molecule has 3 rings (SSSR count). The SMILES string of the molecule is Cc1ccc(C(=O)Nc2ccc(S(=O)(=O)N3CCN(C)CC3)cc2)cn1. The monoisotopic (exact) mass is 374 g/mol. The minimum Gasteiger partial charge on any atom is -0.322 e. The van der Waals surface area contributed by atoms with Crippen LogP contribution in [0.3, 0.4) is 0 Å². The number of hydrogen-bond acceptors (Lipinski definition) is 5. The van der Waals surface area contributed by atoms with Crippen LogP contribution in [0.4, 0.5) is 5.69 Å². The number of carbonyl (C=O) groups excluding carboxylic acids is 1. The Balaban J connectivity index is 1.70. The number of sulfonamides is 1. The predicted octanol–water partition coefficient (Wildman–Crippen LogP) is 1.58. The van der Waals surface area contributed by atoms with Crippen molar-refractivity contribution in [2.24, 2.45) is 0 Å². The van der Waals surface area contributed by atoms with Crippen molar-refractivity contribution < 1.29 is 13.2 Å². The zero-order valence-electron chi connectivity index (χ0n) is 14.8. The van der Waals surface area contributed by atoms with Crippen molar-refractivity contribution in [3.63, 3.8) is 0 Å². The fourth-order valence-electron chi connectivity index (χ4n) is 2.69. The molecule has 8 heteroatoms. The molecular formula is C18H22N4O3S. The maximum atomic E-state index is 12.7. The van der Waals surface area contributed by atoms with Gasteiger partial charge in [0.25, 0.3) is 5.91 Å². The van der Waals surface area contributed by atoms with Crippen LogP contribution < -0.4 is 5.32 Å². The molecule has 138 valence electrons. The zero-order valence-corrected chi connectivity index (χ0v) is 15.7. The van der Waals surface area contributed by atoms with Gasteiger partial charge in [-0.2, -0.15) is 4.31 Å². The number of amides is 1. The topological polar surface area (TPSA) is 82.6 Å². The Morgan fingerprint density at radius 3 is 2.27 bits per heavy atom. The van der Waals surface area contributed by atoms with Crippen LogP contribution in [-0.4, -0.2) is 61.7 Å². The standard InChI is InChI=1S/C18H22N4O3S/c1-14-3-4-15(13-19-14)18(23)20-16-5-7-17(8-6-16)26(24,25)22-11-9-21(2)10-12-22/h3-8,13H,9-12H2,1-2H3,(H,20,23). The van der Waals surface area contributed by atoms with Gasteiger partial charge in [0.2, 0.25) is 10.0 Å². The Bertz CT molecular complexity index is 872. The number of benzene rings is 1. The van der Waals surface area contributed by atoms with Crippen molar-refractivity contribution in [2.45, 2.75) is 11.8 Å². The molecule has 1 fully saturated rings. The van der Waals surface area contributed by atoms with Gasteiger partial charge in [0, 0.05) is 43.8 Å². The Labute approximate surface area is 153 Å². The Morgan fingerprint density at radius 1 is 1.04 bits per heavy atom. The molecule has 2 aromatic rings. The van der Waals surface area contributed by atoms with Gasteiger partial charge in [-0.25, -0.2) is 8.42 Å². The highest BCUT2D eigenvalue weighted by Crippen LogP contribution is 2.20. The average molecular weight is 374 g/mol. The van der Waals surface area contributed by atoms with E-state index in [1.807, 2.05) is 14.0 Å². The van der Waals surface area contributed by atoms with Gasteiger partial charge in [-0.1, -0.05) is 0 Å². The Morgan fingerprint density at radius 2 is 1.69 bits per heavy atom. The molecule has 0 aliphatic carbocycles. The third-order valence-corrected chi connectivity index (χ3v) is 6.30. The molecule has 1 aliphatic rings. The summed E-state index contributed by atoms with van der Waals surface area (Å²) in [4.78, 5) is 18.6. The van der Waals surface area contributed by atoms with Crippen LogP contribution in [-0.2, 0) is 10.0 Å². The van der Waals surface area contributed by atoms with E-state index < -0.39 is 10.0 Å². The van der Waals surface area contributed by atoms with Gasteiger partial charge in [-0.15, -0.1) is 0 Å². The smallest absolute Gasteiger partial charge is 0.257 e. The fourth-order valence-corrected chi connectivity index (χ4v) is 4.12. The molecule has 1 amide bonds. The minimum absolute atomic E-state index is 0.233. The molecule has 7 nitrogen and oxygen atoms in total. The molecule has 2 heterocycles. The molecule has 26 heavy (non-hydrogen) atoms. The first-order valence-electron chi connectivity index (χ1n) is 8.39. The predicted molar refractivity (Wildman–Crippen MR) is 99.6 cm³/mol. The highest BCUT2D eigenvalue weighted by molar-refractivity contribution is 7.89. The molecule has 0 atom stereocenters. The third-order valence-electron chi connectivity index (χ3n) is 4.39. The van der Waals surface area contributed by atoms with Crippen molar-refractivity contribution in [2.75, 3.05) is 38.5 Å². The van der Waals surface area contributed by atoms with Gasteiger partial charge in [0.05, 0.1) is 10.5 Å². The van der Waals surface area contributed by atoms with Crippen LogP contribution in [0.25, 0.3) is 0 Å². The Hall–Kier alpha value is -2.29. The lowest BCUT2D eigenvalue weighted by Gasteiger charge is -2.31. The number of carbonyl (C=O) groups is 1. The van der Waals surface area contributed by atoms with Crippen LogP contribution in [0.5, 0.6) is 0 Å². The highest BCUT2D eigenvalue weighted by atomic mass is 32.2.